The van der Waals surface area contributed by atoms with E-state index in [-0.39, 0.29) is 12.1 Å². The highest BCUT2D eigenvalue weighted by molar-refractivity contribution is 5.89. The Morgan fingerprint density at radius 2 is 1.88 bits per heavy atom. The van der Waals surface area contributed by atoms with Gasteiger partial charge < -0.3 is 15.2 Å². The fourth-order valence-electron chi connectivity index (χ4n) is 3.03. The Kier molecular flexibility index (Phi) is 4.12. The van der Waals surface area contributed by atoms with Gasteiger partial charge in [0, 0.05) is 42.7 Å². The van der Waals surface area contributed by atoms with Crippen LogP contribution >= 0.6 is 0 Å². The molecule has 0 bridgehead atoms. The smallest absolute Gasteiger partial charge is 0.319 e. The van der Waals surface area contributed by atoms with E-state index >= 15 is 0 Å². The van der Waals surface area contributed by atoms with Crippen molar-refractivity contribution in [3.63, 3.8) is 0 Å². The Balaban J connectivity index is 1.46. The number of anilines is 1. The lowest BCUT2D eigenvalue weighted by Gasteiger charge is -2.25. The Morgan fingerprint density at radius 3 is 2.68 bits per heavy atom. The third-order valence-corrected chi connectivity index (χ3v) is 4.25. The number of hydrogen-bond donors (Lipinski definition) is 2. The van der Waals surface area contributed by atoms with E-state index in [1.165, 1.54) is 0 Å². The summed E-state index contributed by atoms with van der Waals surface area (Å²) in [5.41, 5.74) is 1.75. The van der Waals surface area contributed by atoms with Crippen molar-refractivity contribution in [2.24, 2.45) is 0 Å². The molecule has 0 saturated carbocycles. The number of fused-ring (bicyclic) bond motifs is 1. The van der Waals surface area contributed by atoms with E-state index in [2.05, 4.69) is 30.4 Å². The summed E-state index contributed by atoms with van der Waals surface area (Å²) in [6.45, 7) is 0.663. The second kappa shape index (κ2) is 6.72. The minimum Gasteiger partial charge on any atom is -0.333 e. The number of nitrogens with one attached hydrogen (secondary N) is 2. The zero-order valence-electron chi connectivity index (χ0n) is 13.6. The van der Waals surface area contributed by atoms with Crippen molar-refractivity contribution in [3.8, 4) is 11.4 Å². The number of rotatable bonds is 3. The molecule has 1 aromatic carbocycles. The molecule has 126 valence electrons. The maximum Gasteiger partial charge on any atom is 0.319 e. The molecule has 0 radical (unpaired) electrons. The van der Waals surface area contributed by atoms with Gasteiger partial charge in [0.1, 0.15) is 5.82 Å². The zero-order chi connectivity index (χ0) is 17.1. The SMILES string of the molecule is O=C(Nc1ccncc1)N[C@@H]1CCc2nnc(-c3ccccc3)n2C1. The van der Waals surface area contributed by atoms with Gasteiger partial charge in [-0.15, -0.1) is 10.2 Å². The van der Waals surface area contributed by atoms with Crippen molar-refractivity contribution in [2.45, 2.75) is 25.4 Å². The van der Waals surface area contributed by atoms with Crippen LogP contribution in [0.2, 0.25) is 0 Å². The molecule has 4 rings (SSSR count). The first-order chi connectivity index (χ1) is 12.3. The standard InChI is InChI=1S/C18H18N6O/c25-18(20-14-8-10-19-11-9-14)21-15-6-7-16-22-23-17(24(16)12-15)13-4-2-1-3-5-13/h1-5,8-11,15H,6-7,12H2,(H2,19,20,21,25)/t15-/m1/s1. The van der Waals surface area contributed by atoms with Crippen LogP contribution in [0.25, 0.3) is 11.4 Å². The molecule has 0 saturated heterocycles. The van der Waals surface area contributed by atoms with Crippen molar-refractivity contribution >= 4 is 11.7 Å². The molecule has 2 aromatic heterocycles. The Labute approximate surface area is 145 Å². The van der Waals surface area contributed by atoms with Crippen LogP contribution in [-0.4, -0.2) is 31.8 Å². The van der Waals surface area contributed by atoms with E-state index in [1.807, 2.05) is 30.3 Å². The predicted molar refractivity (Wildman–Crippen MR) is 94.0 cm³/mol. The summed E-state index contributed by atoms with van der Waals surface area (Å²) in [5, 5.41) is 14.5. The van der Waals surface area contributed by atoms with Gasteiger partial charge >= 0.3 is 6.03 Å². The Hall–Kier alpha value is -3.22. The van der Waals surface area contributed by atoms with Gasteiger partial charge in [-0.2, -0.15) is 0 Å². The van der Waals surface area contributed by atoms with Crippen LogP contribution in [0.1, 0.15) is 12.2 Å². The number of carbonyl (C=O) groups excluding carboxylic acids is 1. The fraction of sp³-hybridized carbons (Fsp3) is 0.222. The van der Waals surface area contributed by atoms with Crippen molar-refractivity contribution in [1.29, 1.82) is 0 Å². The Morgan fingerprint density at radius 1 is 1.08 bits per heavy atom. The third kappa shape index (κ3) is 3.35. The van der Waals surface area contributed by atoms with Gasteiger partial charge in [-0.1, -0.05) is 30.3 Å². The van der Waals surface area contributed by atoms with Crippen LogP contribution in [0.3, 0.4) is 0 Å². The zero-order valence-corrected chi connectivity index (χ0v) is 13.6. The molecule has 0 unspecified atom stereocenters. The van der Waals surface area contributed by atoms with E-state index < -0.39 is 0 Å². The molecule has 1 atom stereocenters. The number of aromatic nitrogens is 4. The first kappa shape index (κ1) is 15.3. The molecular weight excluding hydrogens is 316 g/mol. The number of pyridine rings is 1. The van der Waals surface area contributed by atoms with Gasteiger partial charge in [0.15, 0.2) is 5.82 Å². The molecule has 2 N–H and O–H groups in total. The number of hydrogen-bond acceptors (Lipinski definition) is 4. The summed E-state index contributed by atoms with van der Waals surface area (Å²) >= 11 is 0. The summed E-state index contributed by atoms with van der Waals surface area (Å²) in [7, 11) is 0. The van der Waals surface area contributed by atoms with Crippen molar-refractivity contribution in [1.82, 2.24) is 25.1 Å². The maximum atomic E-state index is 12.2. The highest BCUT2D eigenvalue weighted by Crippen LogP contribution is 2.22. The predicted octanol–water partition coefficient (Wildman–Crippen LogP) is 2.48. The second-order valence-electron chi connectivity index (χ2n) is 5.99. The number of nitrogens with zero attached hydrogens (tertiary/aromatic N) is 4. The van der Waals surface area contributed by atoms with Crippen LogP contribution in [-0.2, 0) is 13.0 Å². The number of amides is 2. The van der Waals surface area contributed by atoms with Crippen LogP contribution in [0.4, 0.5) is 10.5 Å². The van der Waals surface area contributed by atoms with E-state index in [0.29, 0.717) is 6.54 Å². The second-order valence-corrected chi connectivity index (χ2v) is 5.99. The highest BCUT2D eigenvalue weighted by atomic mass is 16.2. The van der Waals surface area contributed by atoms with Crippen molar-refractivity contribution in [3.05, 3.63) is 60.7 Å². The molecule has 7 nitrogen and oxygen atoms in total. The summed E-state index contributed by atoms with van der Waals surface area (Å²) in [5.74, 6) is 1.81. The lowest BCUT2D eigenvalue weighted by molar-refractivity contribution is 0.244. The van der Waals surface area contributed by atoms with Gasteiger partial charge in [-0.25, -0.2) is 4.79 Å². The average Bonchev–Trinajstić information content (AvgIpc) is 3.06. The van der Waals surface area contributed by atoms with Gasteiger partial charge in [-0.3, -0.25) is 4.98 Å². The van der Waals surface area contributed by atoms with E-state index in [1.54, 1.807) is 24.5 Å². The lowest BCUT2D eigenvalue weighted by atomic mass is 10.1. The first-order valence-electron chi connectivity index (χ1n) is 8.24. The van der Waals surface area contributed by atoms with E-state index in [9.17, 15) is 4.79 Å². The van der Waals surface area contributed by atoms with E-state index in [4.69, 9.17) is 0 Å². The molecule has 0 aliphatic carbocycles. The largest absolute Gasteiger partial charge is 0.333 e. The molecular formula is C18H18N6O. The minimum atomic E-state index is -0.214. The molecule has 1 aliphatic rings. The number of benzene rings is 1. The molecule has 3 heterocycles. The third-order valence-electron chi connectivity index (χ3n) is 4.25. The molecule has 2 amide bonds. The van der Waals surface area contributed by atoms with E-state index in [0.717, 1.165) is 35.7 Å². The molecule has 25 heavy (non-hydrogen) atoms. The number of aryl methyl sites for hydroxylation is 1. The Bertz CT molecular complexity index is 862. The maximum absolute atomic E-state index is 12.2. The fourth-order valence-corrected chi connectivity index (χ4v) is 3.03. The van der Waals surface area contributed by atoms with Crippen LogP contribution < -0.4 is 10.6 Å². The van der Waals surface area contributed by atoms with Gasteiger partial charge in [-0.05, 0) is 18.6 Å². The molecule has 0 spiro atoms. The van der Waals surface area contributed by atoms with Crippen LogP contribution in [0.15, 0.2) is 54.9 Å². The summed E-state index contributed by atoms with van der Waals surface area (Å²) in [6.07, 6.45) is 4.92. The summed E-state index contributed by atoms with van der Waals surface area (Å²) < 4.78 is 2.09. The minimum absolute atomic E-state index is 0.0350. The average molecular weight is 334 g/mol. The number of urea groups is 1. The monoisotopic (exact) mass is 334 g/mol. The number of carbonyl (C=O) groups is 1. The lowest BCUT2D eigenvalue weighted by Crippen LogP contribution is -2.43. The topological polar surface area (TPSA) is 84.7 Å². The van der Waals surface area contributed by atoms with Crippen LogP contribution in [0, 0.1) is 0 Å². The summed E-state index contributed by atoms with van der Waals surface area (Å²) in [4.78, 5) is 16.1. The van der Waals surface area contributed by atoms with Gasteiger partial charge in [0.2, 0.25) is 0 Å². The highest BCUT2D eigenvalue weighted by Gasteiger charge is 2.24. The van der Waals surface area contributed by atoms with Gasteiger partial charge in [0.05, 0.1) is 0 Å². The molecule has 3 aromatic rings. The summed E-state index contributed by atoms with van der Waals surface area (Å²) in [6, 6.07) is 13.3. The molecule has 0 fully saturated rings. The van der Waals surface area contributed by atoms with Crippen molar-refractivity contribution < 1.29 is 4.79 Å². The van der Waals surface area contributed by atoms with Crippen molar-refractivity contribution in [2.75, 3.05) is 5.32 Å². The van der Waals surface area contributed by atoms with Gasteiger partial charge in [0.25, 0.3) is 0 Å². The first-order valence-corrected chi connectivity index (χ1v) is 8.24. The quantitative estimate of drug-likeness (QED) is 0.770. The normalized spacial score (nSPS) is 16.1. The molecule has 1 aliphatic heterocycles. The molecule has 7 heteroatoms. The van der Waals surface area contributed by atoms with Crippen LogP contribution in [0.5, 0.6) is 0 Å².